The minimum atomic E-state index is -0.515. The van der Waals surface area contributed by atoms with Crippen molar-refractivity contribution in [1.82, 2.24) is 0 Å². The smallest absolute Gasteiger partial charge is 0.170 e. The van der Waals surface area contributed by atoms with Crippen LogP contribution in [0.25, 0.3) is 0 Å². The van der Waals surface area contributed by atoms with Gasteiger partial charge in [-0.3, -0.25) is 9.79 Å². The van der Waals surface area contributed by atoms with Crippen molar-refractivity contribution in [2.24, 2.45) is 10.9 Å². The van der Waals surface area contributed by atoms with Crippen LogP contribution in [0.5, 0.6) is 0 Å². The molecule has 1 aromatic rings. The molecule has 1 heterocycles. The number of aliphatic imine (C=N–C) groups is 1. The van der Waals surface area contributed by atoms with E-state index in [1.165, 1.54) is 11.3 Å². The van der Waals surface area contributed by atoms with Gasteiger partial charge < -0.3 is 9.47 Å². The van der Waals surface area contributed by atoms with Crippen molar-refractivity contribution in [1.29, 1.82) is 0 Å². The molecule has 0 radical (unpaired) electrons. The maximum Gasteiger partial charge on any atom is 0.170 e. The number of hydrogen-bond donors (Lipinski definition) is 0. The van der Waals surface area contributed by atoms with Gasteiger partial charge in [-0.15, -0.1) is 0 Å². The van der Waals surface area contributed by atoms with Crippen LogP contribution in [0.4, 0.5) is 0 Å². The molecule has 1 spiro atoms. The molecule has 1 aliphatic heterocycles. The Morgan fingerprint density at radius 1 is 1.38 bits per heavy atom. The van der Waals surface area contributed by atoms with E-state index >= 15 is 0 Å². The lowest BCUT2D eigenvalue weighted by molar-refractivity contribution is -0.180. The summed E-state index contributed by atoms with van der Waals surface area (Å²) in [6.07, 6.45) is 6.39. The zero-order valence-corrected chi connectivity index (χ0v) is 16.0. The highest BCUT2D eigenvalue weighted by atomic mass is 16.7. The van der Waals surface area contributed by atoms with Crippen LogP contribution in [-0.2, 0) is 14.3 Å². The maximum absolute atomic E-state index is 11.5. The Balaban J connectivity index is 1.61. The number of carbonyl (C=O) groups excluding carboxylic acids is 1. The minimum absolute atomic E-state index is 0.121. The second-order valence-electron chi connectivity index (χ2n) is 7.37. The second kappa shape index (κ2) is 8.28. The molecule has 26 heavy (non-hydrogen) atoms. The SMILES string of the molecule is CCC(=O)/C=C/C1COC2(CCC(=N[C@H](C)c3ccccc3)C(C)C2)O1. The van der Waals surface area contributed by atoms with Gasteiger partial charge in [0.2, 0.25) is 0 Å². The van der Waals surface area contributed by atoms with E-state index in [-0.39, 0.29) is 17.9 Å². The van der Waals surface area contributed by atoms with Gasteiger partial charge in [0.05, 0.1) is 12.6 Å². The first-order chi connectivity index (χ1) is 12.5. The van der Waals surface area contributed by atoms with Crippen LogP contribution in [0.2, 0.25) is 0 Å². The molecule has 0 bridgehead atoms. The Morgan fingerprint density at radius 2 is 2.15 bits per heavy atom. The van der Waals surface area contributed by atoms with Gasteiger partial charge in [0.25, 0.3) is 0 Å². The number of allylic oxidation sites excluding steroid dienone is 1. The fourth-order valence-corrected chi connectivity index (χ4v) is 3.74. The van der Waals surface area contributed by atoms with Gasteiger partial charge in [-0.2, -0.15) is 0 Å². The van der Waals surface area contributed by atoms with E-state index < -0.39 is 5.79 Å². The lowest BCUT2D eigenvalue weighted by atomic mass is 9.84. The molecule has 4 heteroatoms. The Morgan fingerprint density at radius 3 is 2.85 bits per heavy atom. The molecule has 3 rings (SSSR count). The molecule has 1 aromatic carbocycles. The number of ether oxygens (including phenoxy) is 2. The van der Waals surface area contributed by atoms with Gasteiger partial charge in [0, 0.05) is 25.0 Å². The zero-order valence-electron chi connectivity index (χ0n) is 16.0. The molecule has 4 atom stereocenters. The summed E-state index contributed by atoms with van der Waals surface area (Å²) in [5.74, 6) is -0.0654. The van der Waals surface area contributed by atoms with Gasteiger partial charge in [-0.1, -0.05) is 44.2 Å². The van der Waals surface area contributed by atoms with E-state index in [9.17, 15) is 4.79 Å². The zero-order chi connectivity index (χ0) is 18.6. The number of nitrogens with zero attached hydrogens (tertiary/aromatic N) is 1. The molecule has 4 nitrogen and oxygen atoms in total. The number of ketones is 1. The standard InChI is InChI=1S/C22H29NO3/c1-4-19(24)10-11-20-15-25-22(26-20)13-12-21(16(2)14-22)23-17(3)18-8-6-5-7-9-18/h5-11,16-17,20H,4,12-15H2,1-3H3/b11-10+,23-21?/t16?,17-,20?,22?/m1/s1. The number of carbonyl (C=O) groups is 1. The Bertz CT molecular complexity index is 682. The molecule has 0 aromatic heterocycles. The van der Waals surface area contributed by atoms with Crippen LogP contribution in [-0.4, -0.2) is 30.0 Å². The summed E-state index contributed by atoms with van der Waals surface area (Å²) in [6.45, 7) is 6.73. The first-order valence-electron chi connectivity index (χ1n) is 9.65. The van der Waals surface area contributed by atoms with Crippen LogP contribution in [0.3, 0.4) is 0 Å². The Labute approximate surface area is 156 Å². The molecule has 1 saturated carbocycles. The van der Waals surface area contributed by atoms with Crippen molar-refractivity contribution < 1.29 is 14.3 Å². The molecular weight excluding hydrogens is 326 g/mol. The molecule has 1 saturated heterocycles. The van der Waals surface area contributed by atoms with E-state index in [0.29, 0.717) is 18.9 Å². The highest BCUT2D eigenvalue weighted by Gasteiger charge is 2.45. The van der Waals surface area contributed by atoms with Crippen LogP contribution >= 0.6 is 0 Å². The van der Waals surface area contributed by atoms with Crippen LogP contribution in [0.15, 0.2) is 47.5 Å². The first kappa shape index (κ1) is 19.0. The molecule has 0 N–H and O–H groups in total. The van der Waals surface area contributed by atoms with Crippen LogP contribution in [0.1, 0.15) is 58.1 Å². The largest absolute Gasteiger partial charge is 0.347 e. The normalized spacial score (nSPS) is 31.7. The van der Waals surface area contributed by atoms with Crippen molar-refractivity contribution >= 4 is 11.5 Å². The summed E-state index contributed by atoms with van der Waals surface area (Å²) in [4.78, 5) is 16.4. The summed E-state index contributed by atoms with van der Waals surface area (Å²) in [5, 5.41) is 0. The van der Waals surface area contributed by atoms with Gasteiger partial charge in [0.15, 0.2) is 11.6 Å². The number of benzene rings is 1. The maximum atomic E-state index is 11.5. The van der Waals surface area contributed by atoms with Gasteiger partial charge >= 0.3 is 0 Å². The number of hydrogen-bond acceptors (Lipinski definition) is 4. The predicted molar refractivity (Wildman–Crippen MR) is 103 cm³/mol. The quantitative estimate of drug-likeness (QED) is 0.722. The van der Waals surface area contributed by atoms with Gasteiger partial charge in [0.1, 0.15) is 6.10 Å². The Kier molecular flexibility index (Phi) is 6.05. The molecule has 0 amide bonds. The molecular formula is C22H29NO3. The van der Waals surface area contributed by atoms with E-state index in [4.69, 9.17) is 14.5 Å². The number of rotatable bonds is 5. The second-order valence-corrected chi connectivity index (χ2v) is 7.37. The highest BCUT2D eigenvalue weighted by molar-refractivity contribution is 5.89. The molecule has 140 valence electrons. The summed E-state index contributed by atoms with van der Waals surface area (Å²) in [7, 11) is 0. The fraction of sp³-hybridized carbons (Fsp3) is 0.545. The van der Waals surface area contributed by atoms with Crippen molar-refractivity contribution in [2.75, 3.05) is 6.61 Å². The highest BCUT2D eigenvalue weighted by Crippen LogP contribution is 2.40. The molecule has 2 aliphatic rings. The average molecular weight is 355 g/mol. The summed E-state index contributed by atoms with van der Waals surface area (Å²) >= 11 is 0. The topological polar surface area (TPSA) is 47.9 Å². The van der Waals surface area contributed by atoms with Crippen molar-refractivity contribution in [3.05, 3.63) is 48.0 Å². The van der Waals surface area contributed by atoms with Gasteiger partial charge in [-0.25, -0.2) is 0 Å². The summed E-state index contributed by atoms with van der Waals surface area (Å²) in [5.41, 5.74) is 2.49. The van der Waals surface area contributed by atoms with Crippen LogP contribution in [0, 0.1) is 5.92 Å². The predicted octanol–water partition coefficient (Wildman–Crippen LogP) is 4.66. The molecule has 3 unspecified atom stereocenters. The van der Waals surface area contributed by atoms with Crippen molar-refractivity contribution in [3.8, 4) is 0 Å². The first-order valence-corrected chi connectivity index (χ1v) is 9.65. The third-order valence-electron chi connectivity index (χ3n) is 5.31. The lowest BCUT2D eigenvalue weighted by Crippen LogP contribution is -2.40. The molecule has 2 fully saturated rings. The Hall–Kier alpha value is -1.78. The van der Waals surface area contributed by atoms with Gasteiger partial charge in [-0.05, 0) is 37.0 Å². The summed E-state index contributed by atoms with van der Waals surface area (Å²) < 4.78 is 12.2. The van der Waals surface area contributed by atoms with Crippen LogP contribution < -0.4 is 0 Å². The van der Waals surface area contributed by atoms with E-state index in [1.54, 1.807) is 6.08 Å². The minimum Gasteiger partial charge on any atom is -0.347 e. The monoisotopic (exact) mass is 355 g/mol. The third-order valence-corrected chi connectivity index (χ3v) is 5.31. The third kappa shape index (κ3) is 4.49. The average Bonchev–Trinajstić information content (AvgIpc) is 3.05. The fourth-order valence-electron chi connectivity index (χ4n) is 3.74. The van der Waals surface area contributed by atoms with E-state index in [0.717, 1.165) is 19.3 Å². The van der Waals surface area contributed by atoms with E-state index in [2.05, 4.69) is 38.1 Å². The molecule has 1 aliphatic carbocycles. The van der Waals surface area contributed by atoms with Crippen molar-refractivity contribution in [3.63, 3.8) is 0 Å². The lowest BCUT2D eigenvalue weighted by Gasteiger charge is -2.36. The van der Waals surface area contributed by atoms with Crippen molar-refractivity contribution in [2.45, 2.75) is 64.4 Å². The van der Waals surface area contributed by atoms with E-state index in [1.807, 2.05) is 19.1 Å². The summed E-state index contributed by atoms with van der Waals surface area (Å²) in [6, 6.07) is 10.6.